The van der Waals surface area contributed by atoms with Crippen LogP contribution in [0.1, 0.15) is 25.7 Å². The number of carbonyl (C=O) groups is 1. The highest BCUT2D eigenvalue weighted by molar-refractivity contribution is 5.70. The standard InChI is InChI=1S/C8H12F2O2/c9-7(10)6(8(11)12)5-3-1-2-4-5/h5-7H,1-4H2,(H,11,12). The lowest BCUT2D eigenvalue weighted by Gasteiger charge is -2.17. The van der Waals surface area contributed by atoms with E-state index in [1.54, 1.807) is 0 Å². The summed E-state index contributed by atoms with van der Waals surface area (Å²) in [5, 5.41) is 8.52. The van der Waals surface area contributed by atoms with Gasteiger partial charge in [-0.15, -0.1) is 0 Å². The number of halogens is 2. The minimum atomic E-state index is -2.72. The Kier molecular flexibility index (Phi) is 3.00. The molecule has 0 saturated heterocycles. The van der Waals surface area contributed by atoms with E-state index in [2.05, 4.69) is 0 Å². The minimum absolute atomic E-state index is 0.303. The molecule has 0 radical (unpaired) electrons. The summed E-state index contributed by atoms with van der Waals surface area (Å²) in [4.78, 5) is 10.4. The van der Waals surface area contributed by atoms with Gasteiger partial charge in [0.05, 0.1) is 0 Å². The minimum Gasteiger partial charge on any atom is -0.481 e. The van der Waals surface area contributed by atoms with E-state index in [0.29, 0.717) is 12.8 Å². The number of alkyl halides is 2. The summed E-state index contributed by atoms with van der Waals surface area (Å²) < 4.78 is 24.4. The summed E-state index contributed by atoms with van der Waals surface area (Å²) in [5.74, 6) is -3.09. The van der Waals surface area contributed by atoms with Crippen molar-refractivity contribution < 1.29 is 18.7 Å². The van der Waals surface area contributed by atoms with Gasteiger partial charge in [0.1, 0.15) is 5.92 Å². The molecule has 4 heteroatoms. The van der Waals surface area contributed by atoms with Gasteiger partial charge in [-0.3, -0.25) is 4.79 Å². The van der Waals surface area contributed by atoms with Crippen LogP contribution in [0.4, 0.5) is 8.78 Å². The summed E-state index contributed by atoms with van der Waals surface area (Å²) in [6.45, 7) is 0. The lowest BCUT2D eigenvalue weighted by molar-refractivity contribution is -0.150. The van der Waals surface area contributed by atoms with E-state index in [1.165, 1.54) is 0 Å². The van der Waals surface area contributed by atoms with E-state index in [-0.39, 0.29) is 5.92 Å². The fourth-order valence-electron chi connectivity index (χ4n) is 1.83. The molecule has 1 atom stereocenters. The van der Waals surface area contributed by atoms with Crippen LogP contribution in [0, 0.1) is 11.8 Å². The van der Waals surface area contributed by atoms with Crippen molar-refractivity contribution >= 4 is 5.97 Å². The molecule has 1 aliphatic rings. The molecule has 0 aliphatic heterocycles. The Hall–Kier alpha value is -0.670. The Labute approximate surface area is 69.6 Å². The van der Waals surface area contributed by atoms with Crippen molar-refractivity contribution in [1.29, 1.82) is 0 Å². The number of hydrogen-bond acceptors (Lipinski definition) is 1. The van der Waals surface area contributed by atoms with Crippen molar-refractivity contribution in [3.05, 3.63) is 0 Å². The van der Waals surface area contributed by atoms with Gasteiger partial charge in [0.25, 0.3) is 6.43 Å². The first kappa shape index (κ1) is 9.42. The maximum atomic E-state index is 12.2. The molecule has 70 valence electrons. The van der Waals surface area contributed by atoms with Crippen LogP contribution in [0.15, 0.2) is 0 Å². The molecule has 0 aromatic heterocycles. The lowest BCUT2D eigenvalue weighted by atomic mass is 9.91. The van der Waals surface area contributed by atoms with Gasteiger partial charge < -0.3 is 5.11 Å². The number of carboxylic acid groups (broad SMARTS) is 1. The van der Waals surface area contributed by atoms with Gasteiger partial charge in [0.15, 0.2) is 0 Å². The average molecular weight is 178 g/mol. The zero-order valence-corrected chi connectivity index (χ0v) is 6.67. The molecule has 1 rings (SSSR count). The molecule has 2 nitrogen and oxygen atoms in total. The van der Waals surface area contributed by atoms with E-state index >= 15 is 0 Å². The number of aliphatic carboxylic acids is 1. The fourth-order valence-corrected chi connectivity index (χ4v) is 1.83. The van der Waals surface area contributed by atoms with Crippen LogP contribution in [0.25, 0.3) is 0 Å². The van der Waals surface area contributed by atoms with E-state index < -0.39 is 18.3 Å². The Morgan fingerprint density at radius 2 is 1.83 bits per heavy atom. The van der Waals surface area contributed by atoms with Crippen molar-refractivity contribution in [1.82, 2.24) is 0 Å². The predicted molar refractivity (Wildman–Crippen MR) is 39.1 cm³/mol. The van der Waals surface area contributed by atoms with Crippen molar-refractivity contribution in [2.45, 2.75) is 32.1 Å². The molecule has 0 aromatic rings. The second-order valence-electron chi connectivity index (χ2n) is 3.24. The first-order valence-corrected chi connectivity index (χ1v) is 4.14. The quantitative estimate of drug-likeness (QED) is 0.718. The van der Waals surface area contributed by atoms with E-state index in [4.69, 9.17) is 5.11 Å². The van der Waals surface area contributed by atoms with E-state index in [0.717, 1.165) is 12.8 Å². The third kappa shape index (κ3) is 1.93. The topological polar surface area (TPSA) is 37.3 Å². The molecule has 0 aromatic carbocycles. The van der Waals surface area contributed by atoms with E-state index in [9.17, 15) is 13.6 Å². The van der Waals surface area contributed by atoms with Gasteiger partial charge in [-0.1, -0.05) is 12.8 Å². The Morgan fingerprint density at radius 1 is 1.33 bits per heavy atom. The second kappa shape index (κ2) is 3.83. The van der Waals surface area contributed by atoms with Crippen LogP contribution in [-0.2, 0) is 4.79 Å². The molecule has 1 saturated carbocycles. The van der Waals surface area contributed by atoms with Gasteiger partial charge in [0.2, 0.25) is 0 Å². The van der Waals surface area contributed by atoms with Crippen LogP contribution in [-0.4, -0.2) is 17.5 Å². The number of hydrogen-bond donors (Lipinski definition) is 1. The zero-order valence-electron chi connectivity index (χ0n) is 6.67. The highest BCUT2D eigenvalue weighted by Crippen LogP contribution is 2.34. The summed E-state index contributed by atoms with van der Waals surface area (Å²) in [5.41, 5.74) is 0. The molecule has 1 fully saturated rings. The van der Waals surface area contributed by atoms with Gasteiger partial charge in [-0.2, -0.15) is 0 Å². The van der Waals surface area contributed by atoms with E-state index in [1.807, 2.05) is 0 Å². The number of rotatable bonds is 3. The van der Waals surface area contributed by atoms with Crippen molar-refractivity contribution in [2.75, 3.05) is 0 Å². The maximum Gasteiger partial charge on any atom is 0.312 e. The average Bonchev–Trinajstić information content (AvgIpc) is 2.37. The summed E-state index contributed by atoms with van der Waals surface area (Å²) in [7, 11) is 0. The summed E-state index contributed by atoms with van der Waals surface area (Å²) in [6, 6.07) is 0. The molecule has 0 amide bonds. The Balaban J connectivity index is 2.58. The lowest BCUT2D eigenvalue weighted by Crippen LogP contribution is -2.28. The van der Waals surface area contributed by atoms with Gasteiger partial charge in [0, 0.05) is 0 Å². The molecule has 1 aliphatic carbocycles. The third-order valence-electron chi connectivity index (χ3n) is 2.46. The van der Waals surface area contributed by atoms with Crippen molar-refractivity contribution in [3.63, 3.8) is 0 Å². The highest BCUT2D eigenvalue weighted by Gasteiger charge is 2.37. The van der Waals surface area contributed by atoms with Gasteiger partial charge in [-0.05, 0) is 18.8 Å². The van der Waals surface area contributed by atoms with Crippen molar-refractivity contribution in [3.8, 4) is 0 Å². The highest BCUT2D eigenvalue weighted by atomic mass is 19.3. The Morgan fingerprint density at radius 3 is 2.17 bits per heavy atom. The predicted octanol–water partition coefficient (Wildman–Crippen LogP) is 2.14. The molecular weight excluding hydrogens is 166 g/mol. The monoisotopic (exact) mass is 178 g/mol. The molecule has 1 unspecified atom stereocenters. The smallest absolute Gasteiger partial charge is 0.312 e. The molecule has 12 heavy (non-hydrogen) atoms. The first-order chi connectivity index (χ1) is 5.63. The maximum absolute atomic E-state index is 12.2. The largest absolute Gasteiger partial charge is 0.481 e. The number of carboxylic acids is 1. The molecule has 0 bridgehead atoms. The zero-order chi connectivity index (χ0) is 9.14. The summed E-state index contributed by atoms with van der Waals surface area (Å²) >= 11 is 0. The van der Waals surface area contributed by atoms with Crippen LogP contribution in [0.5, 0.6) is 0 Å². The van der Waals surface area contributed by atoms with Crippen LogP contribution >= 0.6 is 0 Å². The normalized spacial score (nSPS) is 21.6. The van der Waals surface area contributed by atoms with Crippen LogP contribution < -0.4 is 0 Å². The van der Waals surface area contributed by atoms with Crippen molar-refractivity contribution in [2.24, 2.45) is 11.8 Å². The van der Waals surface area contributed by atoms with Crippen LogP contribution in [0.2, 0.25) is 0 Å². The SMILES string of the molecule is O=C(O)C(C(F)F)C1CCCC1. The van der Waals surface area contributed by atoms with Gasteiger partial charge >= 0.3 is 5.97 Å². The molecular formula is C8H12F2O2. The molecule has 1 N–H and O–H groups in total. The third-order valence-corrected chi connectivity index (χ3v) is 2.46. The Bertz CT molecular complexity index is 164. The fraction of sp³-hybridized carbons (Fsp3) is 0.875. The molecule has 0 spiro atoms. The molecule has 0 heterocycles. The summed E-state index contributed by atoms with van der Waals surface area (Å²) in [6.07, 6.45) is 0.343. The van der Waals surface area contributed by atoms with Crippen LogP contribution in [0.3, 0.4) is 0 Å². The van der Waals surface area contributed by atoms with Gasteiger partial charge in [-0.25, -0.2) is 8.78 Å². The first-order valence-electron chi connectivity index (χ1n) is 4.14. The second-order valence-corrected chi connectivity index (χ2v) is 3.24.